The molecule has 1 aliphatic rings. The largest absolute Gasteiger partial charge is 0.359 e. The summed E-state index contributed by atoms with van der Waals surface area (Å²) in [6, 6.07) is 12.6. The number of imidazole rings is 1. The minimum absolute atomic E-state index is 0.00589. The number of benzene rings is 2. The molecule has 34 heavy (non-hydrogen) atoms. The maximum Gasteiger partial charge on any atom is 0.242 e. The van der Waals surface area contributed by atoms with E-state index in [1.165, 1.54) is 6.33 Å². The first kappa shape index (κ1) is 22.9. The molecule has 11 heteroatoms. The van der Waals surface area contributed by atoms with Gasteiger partial charge in [-0.1, -0.05) is 34.8 Å². The summed E-state index contributed by atoms with van der Waals surface area (Å²) in [5.74, 6) is 1.04. The fraction of sp³-hybridized carbons (Fsp3) is 0.217. The van der Waals surface area contributed by atoms with Gasteiger partial charge in [0.15, 0.2) is 17.0 Å². The highest BCUT2D eigenvalue weighted by Crippen LogP contribution is 2.35. The number of fused-ring (bicyclic) bond motifs is 1. The van der Waals surface area contributed by atoms with Crippen molar-refractivity contribution >= 4 is 57.7 Å². The lowest BCUT2D eigenvalue weighted by molar-refractivity contribution is -0.129. The molecule has 0 bridgehead atoms. The van der Waals surface area contributed by atoms with E-state index in [1.807, 2.05) is 27.7 Å². The number of hydrogen-bond acceptors (Lipinski definition) is 6. The summed E-state index contributed by atoms with van der Waals surface area (Å²) in [5, 5.41) is 7.98. The van der Waals surface area contributed by atoms with Gasteiger partial charge in [0, 0.05) is 47.5 Å². The SMILES string of the molecule is O=C(CNc1ncnc2c1nc(-c1ccc(Cl)cc1Cl)n2-c1ccc(Cl)cc1)N1CCNCC1. The molecular weight excluding hydrogens is 497 g/mol. The van der Waals surface area contributed by atoms with E-state index in [1.54, 1.807) is 24.3 Å². The van der Waals surface area contributed by atoms with E-state index in [0.717, 1.165) is 18.8 Å². The van der Waals surface area contributed by atoms with E-state index in [2.05, 4.69) is 20.6 Å². The molecule has 3 heterocycles. The van der Waals surface area contributed by atoms with Gasteiger partial charge in [-0.05, 0) is 42.5 Å². The van der Waals surface area contributed by atoms with Gasteiger partial charge in [0.1, 0.15) is 12.2 Å². The number of anilines is 1. The Bertz CT molecular complexity index is 1350. The molecule has 1 fully saturated rings. The molecule has 8 nitrogen and oxygen atoms in total. The average molecular weight is 517 g/mol. The van der Waals surface area contributed by atoms with Crippen LogP contribution < -0.4 is 10.6 Å². The molecule has 1 aliphatic heterocycles. The topological polar surface area (TPSA) is 88.0 Å². The molecule has 1 amide bonds. The highest BCUT2D eigenvalue weighted by molar-refractivity contribution is 6.36. The smallest absolute Gasteiger partial charge is 0.242 e. The molecule has 2 N–H and O–H groups in total. The van der Waals surface area contributed by atoms with Crippen LogP contribution in [0.1, 0.15) is 0 Å². The van der Waals surface area contributed by atoms with E-state index < -0.39 is 0 Å². The number of nitrogens with zero attached hydrogens (tertiary/aromatic N) is 5. The van der Waals surface area contributed by atoms with E-state index in [4.69, 9.17) is 39.8 Å². The van der Waals surface area contributed by atoms with Gasteiger partial charge >= 0.3 is 0 Å². The van der Waals surface area contributed by atoms with Crippen LogP contribution in [0.2, 0.25) is 15.1 Å². The molecule has 1 saturated heterocycles. The number of rotatable bonds is 5. The Kier molecular flexibility index (Phi) is 6.56. The van der Waals surface area contributed by atoms with Gasteiger partial charge in [-0.15, -0.1) is 0 Å². The van der Waals surface area contributed by atoms with Crippen LogP contribution in [-0.2, 0) is 4.79 Å². The summed E-state index contributed by atoms with van der Waals surface area (Å²) in [5.41, 5.74) is 2.57. The van der Waals surface area contributed by atoms with Crippen molar-refractivity contribution in [3.05, 3.63) is 63.9 Å². The Labute approximate surface area is 210 Å². The van der Waals surface area contributed by atoms with Crippen molar-refractivity contribution in [1.29, 1.82) is 0 Å². The fourth-order valence-electron chi connectivity index (χ4n) is 3.89. The van der Waals surface area contributed by atoms with Crippen LogP contribution in [0.15, 0.2) is 48.8 Å². The van der Waals surface area contributed by atoms with Crippen molar-refractivity contribution in [2.24, 2.45) is 0 Å². The quantitative estimate of drug-likeness (QED) is 0.412. The van der Waals surface area contributed by atoms with Gasteiger partial charge in [0.05, 0.1) is 11.6 Å². The monoisotopic (exact) mass is 515 g/mol. The molecule has 0 unspecified atom stereocenters. The number of halogens is 3. The molecule has 4 aromatic rings. The number of carbonyl (C=O) groups is 1. The standard InChI is InChI=1S/C23H20Cl3N7O/c24-14-1-4-16(5-2-14)33-22(17-6-3-15(25)11-18(17)26)31-20-21(29-13-30-23(20)33)28-12-19(34)32-9-7-27-8-10-32/h1-6,11,13,27H,7-10,12H2,(H,28,29,30). The van der Waals surface area contributed by atoms with E-state index in [9.17, 15) is 4.79 Å². The maximum atomic E-state index is 12.7. The van der Waals surface area contributed by atoms with Gasteiger partial charge in [-0.2, -0.15) is 0 Å². The average Bonchev–Trinajstić information content (AvgIpc) is 3.23. The first-order chi connectivity index (χ1) is 16.5. The number of hydrogen-bond donors (Lipinski definition) is 2. The Hall–Kier alpha value is -2.91. The second-order valence-corrected chi connectivity index (χ2v) is 9.03. The molecule has 0 saturated carbocycles. The maximum absolute atomic E-state index is 12.7. The van der Waals surface area contributed by atoms with Crippen molar-refractivity contribution < 1.29 is 4.79 Å². The molecule has 2 aromatic heterocycles. The van der Waals surface area contributed by atoms with Crippen LogP contribution in [0, 0.1) is 0 Å². The molecule has 5 rings (SSSR count). The first-order valence-electron chi connectivity index (χ1n) is 10.7. The summed E-state index contributed by atoms with van der Waals surface area (Å²) in [6.45, 7) is 3.06. The van der Waals surface area contributed by atoms with Crippen LogP contribution in [-0.4, -0.2) is 63.0 Å². The summed E-state index contributed by atoms with van der Waals surface area (Å²) >= 11 is 18.8. The van der Waals surface area contributed by atoms with Gasteiger partial charge < -0.3 is 15.5 Å². The highest BCUT2D eigenvalue weighted by Gasteiger charge is 2.22. The molecule has 174 valence electrons. The third kappa shape index (κ3) is 4.54. The molecule has 0 radical (unpaired) electrons. The third-order valence-electron chi connectivity index (χ3n) is 5.58. The summed E-state index contributed by atoms with van der Waals surface area (Å²) < 4.78 is 1.88. The lowest BCUT2D eigenvalue weighted by Gasteiger charge is -2.27. The van der Waals surface area contributed by atoms with Crippen LogP contribution in [0.3, 0.4) is 0 Å². The predicted molar refractivity (Wildman–Crippen MR) is 135 cm³/mol. The molecule has 0 aliphatic carbocycles. The lowest BCUT2D eigenvalue weighted by Crippen LogP contribution is -2.48. The van der Waals surface area contributed by atoms with E-state index in [0.29, 0.717) is 56.5 Å². The van der Waals surface area contributed by atoms with Gasteiger partial charge in [0.25, 0.3) is 0 Å². The number of carbonyl (C=O) groups excluding carboxylic acids is 1. The van der Waals surface area contributed by atoms with Crippen LogP contribution >= 0.6 is 34.8 Å². The number of aromatic nitrogens is 4. The lowest BCUT2D eigenvalue weighted by atomic mass is 10.2. The molecule has 0 spiro atoms. The Morgan fingerprint density at radius 3 is 2.47 bits per heavy atom. The van der Waals surface area contributed by atoms with Crippen molar-refractivity contribution in [2.75, 3.05) is 38.0 Å². The van der Waals surface area contributed by atoms with Crippen LogP contribution in [0.25, 0.3) is 28.2 Å². The zero-order valence-corrected chi connectivity index (χ0v) is 20.2. The Morgan fingerprint density at radius 1 is 1.00 bits per heavy atom. The van der Waals surface area contributed by atoms with Crippen LogP contribution in [0.5, 0.6) is 0 Å². The van der Waals surface area contributed by atoms with E-state index in [-0.39, 0.29) is 12.5 Å². The minimum atomic E-state index is 0.00589. The highest BCUT2D eigenvalue weighted by atomic mass is 35.5. The van der Waals surface area contributed by atoms with Crippen molar-refractivity contribution in [2.45, 2.75) is 0 Å². The third-order valence-corrected chi connectivity index (χ3v) is 6.38. The number of amides is 1. The molecular formula is C23H20Cl3N7O. The zero-order chi connectivity index (χ0) is 23.7. The normalized spacial score (nSPS) is 13.9. The second-order valence-electron chi connectivity index (χ2n) is 7.75. The first-order valence-corrected chi connectivity index (χ1v) is 11.8. The predicted octanol–water partition coefficient (Wildman–Crippen LogP) is 4.29. The van der Waals surface area contributed by atoms with Crippen molar-refractivity contribution in [3.8, 4) is 17.1 Å². The number of piperazine rings is 1. The van der Waals surface area contributed by atoms with Gasteiger partial charge in [-0.3, -0.25) is 9.36 Å². The fourth-order valence-corrected chi connectivity index (χ4v) is 4.51. The van der Waals surface area contributed by atoms with Crippen molar-refractivity contribution in [1.82, 2.24) is 29.7 Å². The number of nitrogens with one attached hydrogen (secondary N) is 2. The van der Waals surface area contributed by atoms with E-state index >= 15 is 0 Å². The van der Waals surface area contributed by atoms with Crippen LogP contribution in [0.4, 0.5) is 5.82 Å². The van der Waals surface area contributed by atoms with Gasteiger partial charge in [0.2, 0.25) is 5.91 Å². The zero-order valence-electron chi connectivity index (χ0n) is 17.9. The molecule has 0 atom stereocenters. The second kappa shape index (κ2) is 9.76. The Morgan fingerprint density at radius 2 is 1.74 bits per heavy atom. The minimum Gasteiger partial charge on any atom is -0.359 e. The Balaban J connectivity index is 1.58. The summed E-state index contributed by atoms with van der Waals surface area (Å²) in [6.07, 6.45) is 1.45. The summed E-state index contributed by atoms with van der Waals surface area (Å²) in [7, 11) is 0. The summed E-state index contributed by atoms with van der Waals surface area (Å²) in [4.78, 5) is 28.2. The van der Waals surface area contributed by atoms with Crippen molar-refractivity contribution in [3.63, 3.8) is 0 Å². The van der Waals surface area contributed by atoms with Gasteiger partial charge in [-0.25, -0.2) is 15.0 Å². The molecule has 2 aromatic carbocycles.